The summed E-state index contributed by atoms with van der Waals surface area (Å²) in [5.41, 5.74) is 0.775. The zero-order valence-electron chi connectivity index (χ0n) is 9.42. The van der Waals surface area contributed by atoms with Crippen molar-refractivity contribution in [1.82, 2.24) is 0 Å². The highest BCUT2D eigenvalue weighted by molar-refractivity contribution is 7.98. The number of hydrogen-bond acceptors (Lipinski definition) is 3. The van der Waals surface area contributed by atoms with E-state index in [-0.39, 0.29) is 18.9 Å². The van der Waals surface area contributed by atoms with Crippen molar-refractivity contribution in [2.45, 2.75) is 11.3 Å². The van der Waals surface area contributed by atoms with Crippen LogP contribution in [0.2, 0.25) is 0 Å². The quantitative estimate of drug-likeness (QED) is 0.833. The number of aliphatic carboxylic acids is 1. The van der Waals surface area contributed by atoms with E-state index in [1.807, 2.05) is 30.5 Å². The molecule has 0 radical (unpaired) electrons. The number of anilines is 1. The highest BCUT2D eigenvalue weighted by Crippen LogP contribution is 2.27. The molecular formula is C12H13NO3S. The molecule has 2 rings (SSSR count). The minimum atomic E-state index is -0.901. The first kappa shape index (κ1) is 12.0. The molecule has 1 amide bonds. The number of hydrogen-bond donors (Lipinski definition) is 1. The molecule has 1 aliphatic heterocycles. The predicted molar refractivity (Wildman–Crippen MR) is 66.3 cm³/mol. The molecule has 1 atom stereocenters. The molecule has 1 aromatic carbocycles. The van der Waals surface area contributed by atoms with Gasteiger partial charge in [0.05, 0.1) is 5.92 Å². The second-order valence-electron chi connectivity index (χ2n) is 3.94. The summed E-state index contributed by atoms with van der Waals surface area (Å²) in [7, 11) is 0. The van der Waals surface area contributed by atoms with Gasteiger partial charge in [-0.1, -0.05) is 0 Å². The van der Waals surface area contributed by atoms with E-state index in [0.717, 1.165) is 10.6 Å². The third-order valence-corrected chi connectivity index (χ3v) is 3.60. The first-order chi connectivity index (χ1) is 8.11. The van der Waals surface area contributed by atoms with E-state index >= 15 is 0 Å². The minimum absolute atomic E-state index is 0.0968. The molecule has 1 aromatic rings. The Bertz CT molecular complexity index is 444. The lowest BCUT2D eigenvalue weighted by Gasteiger charge is -2.16. The lowest BCUT2D eigenvalue weighted by Crippen LogP contribution is -2.25. The minimum Gasteiger partial charge on any atom is -0.481 e. The van der Waals surface area contributed by atoms with Crippen LogP contribution in [0.15, 0.2) is 29.2 Å². The van der Waals surface area contributed by atoms with Crippen molar-refractivity contribution in [3.05, 3.63) is 24.3 Å². The summed E-state index contributed by atoms with van der Waals surface area (Å²) in [6, 6.07) is 7.57. The number of amides is 1. The van der Waals surface area contributed by atoms with E-state index in [2.05, 4.69) is 0 Å². The van der Waals surface area contributed by atoms with Gasteiger partial charge < -0.3 is 10.0 Å². The van der Waals surface area contributed by atoms with E-state index in [9.17, 15) is 9.59 Å². The summed E-state index contributed by atoms with van der Waals surface area (Å²) in [5, 5.41) is 8.90. The number of carbonyl (C=O) groups excluding carboxylic acids is 1. The van der Waals surface area contributed by atoms with Gasteiger partial charge in [0, 0.05) is 23.5 Å². The Kier molecular flexibility index (Phi) is 3.38. The van der Waals surface area contributed by atoms with Gasteiger partial charge in [0.1, 0.15) is 0 Å². The van der Waals surface area contributed by atoms with Crippen LogP contribution in [0.3, 0.4) is 0 Å². The molecule has 0 aromatic heterocycles. The molecule has 1 saturated heterocycles. The molecule has 0 bridgehead atoms. The summed E-state index contributed by atoms with van der Waals surface area (Å²) in [6.07, 6.45) is 2.08. The third kappa shape index (κ3) is 2.44. The van der Waals surface area contributed by atoms with Crippen molar-refractivity contribution in [2.24, 2.45) is 5.92 Å². The molecular weight excluding hydrogens is 238 g/mol. The topological polar surface area (TPSA) is 57.6 Å². The van der Waals surface area contributed by atoms with Gasteiger partial charge >= 0.3 is 5.97 Å². The second kappa shape index (κ2) is 4.79. The van der Waals surface area contributed by atoms with Crippen molar-refractivity contribution < 1.29 is 14.7 Å². The fourth-order valence-electron chi connectivity index (χ4n) is 1.88. The van der Waals surface area contributed by atoms with Gasteiger partial charge in [-0.15, -0.1) is 11.8 Å². The van der Waals surface area contributed by atoms with Crippen molar-refractivity contribution in [1.29, 1.82) is 0 Å². The Morgan fingerprint density at radius 1 is 1.41 bits per heavy atom. The Labute approximate surface area is 104 Å². The number of carboxylic acids is 1. The van der Waals surface area contributed by atoms with Crippen LogP contribution < -0.4 is 4.90 Å². The maximum Gasteiger partial charge on any atom is 0.308 e. The van der Waals surface area contributed by atoms with E-state index in [1.54, 1.807) is 16.7 Å². The molecule has 1 fully saturated rings. The fourth-order valence-corrected chi connectivity index (χ4v) is 2.29. The van der Waals surface area contributed by atoms with E-state index < -0.39 is 11.9 Å². The Hall–Kier alpha value is -1.49. The molecule has 90 valence electrons. The van der Waals surface area contributed by atoms with Gasteiger partial charge in [-0.2, -0.15) is 0 Å². The number of carboxylic acid groups (broad SMARTS) is 1. The maximum absolute atomic E-state index is 11.7. The van der Waals surface area contributed by atoms with Gasteiger partial charge in [0.15, 0.2) is 0 Å². The zero-order valence-corrected chi connectivity index (χ0v) is 10.2. The first-order valence-corrected chi connectivity index (χ1v) is 6.51. The van der Waals surface area contributed by atoms with E-state index in [1.165, 1.54) is 0 Å². The van der Waals surface area contributed by atoms with Crippen molar-refractivity contribution in [3.63, 3.8) is 0 Å². The third-order valence-electron chi connectivity index (χ3n) is 2.86. The summed E-state index contributed by atoms with van der Waals surface area (Å²) >= 11 is 1.63. The second-order valence-corrected chi connectivity index (χ2v) is 4.82. The lowest BCUT2D eigenvalue weighted by molar-refractivity contribution is -0.141. The summed E-state index contributed by atoms with van der Waals surface area (Å²) in [6.45, 7) is 0.271. The molecule has 4 nitrogen and oxygen atoms in total. The molecule has 0 spiro atoms. The van der Waals surface area contributed by atoms with Crippen LogP contribution in [0.5, 0.6) is 0 Å². The highest BCUT2D eigenvalue weighted by Gasteiger charge is 2.34. The van der Waals surface area contributed by atoms with E-state index in [0.29, 0.717) is 0 Å². The summed E-state index contributed by atoms with van der Waals surface area (Å²) < 4.78 is 0. The molecule has 1 aliphatic rings. The number of rotatable bonds is 3. The number of carbonyl (C=O) groups is 2. The Balaban J connectivity index is 2.17. The lowest BCUT2D eigenvalue weighted by atomic mass is 10.1. The Morgan fingerprint density at radius 3 is 2.53 bits per heavy atom. The molecule has 1 N–H and O–H groups in total. The van der Waals surface area contributed by atoms with Gasteiger partial charge in [-0.3, -0.25) is 9.59 Å². The van der Waals surface area contributed by atoms with Crippen LogP contribution in [0.1, 0.15) is 6.42 Å². The smallest absolute Gasteiger partial charge is 0.308 e. The van der Waals surface area contributed by atoms with Gasteiger partial charge in [0.25, 0.3) is 0 Å². The molecule has 5 heteroatoms. The molecule has 1 heterocycles. The zero-order chi connectivity index (χ0) is 12.4. The average Bonchev–Trinajstić information content (AvgIpc) is 2.72. The van der Waals surface area contributed by atoms with Gasteiger partial charge in [-0.05, 0) is 30.5 Å². The first-order valence-electron chi connectivity index (χ1n) is 5.29. The highest BCUT2D eigenvalue weighted by atomic mass is 32.2. The van der Waals surface area contributed by atoms with Crippen LogP contribution in [-0.4, -0.2) is 29.8 Å². The predicted octanol–water partition coefficient (Wildman–Crippen LogP) is 1.85. The Morgan fingerprint density at radius 2 is 2.06 bits per heavy atom. The molecule has 1 unspecified atom stereocenters. The standard InChI is InChI=1S/C12H13NO3S/c1-17-10-4-2-9(3-5-10)13-7-8(12(15)16)6-11(13)14/h2-5,8H,6-7H2,1H3,(H,15,16). The monoisotopic (exact) mass is 251 g/mol. The average molecular weight is 251 g/mol. The van der Waals surface area contributed by atoms with Crippen LogP contribution in [-0.2, 0) is 9.59 Å². The number of benzene rings is 1. The van der Waals surface area contributed by atoms with Crippen molar-refractivity contribution in [2.75, 3.05) is 17.7 Å². The van der Waals surface area contributed by atoms with E-state index in [4.69, 9.17) is 5.11 Å². The van der Waals surface area contributed by atoms with Gasteiger partial charge in [-0.25, -0.2) is 0 Å². The molecule has 0 saturated carbocycles. The van der Waals surface area contributed by atoms with Crippen LogP contribution in [0.4, 0.5) is 5.69 Å². The number of thioether (sulfide) groups is 1. The van der Waals surface area contributed by atoms with Crippen LogP contribution in [0.25, 0.3) is 0 Å². The van der Waals surface area contributed by atoms with Crippen molar-refractivity contribution in [3.8, 4) is 0 Å². The summed E-state index contributed by atoms with van der Waals surface area (Å²) in [5.74, 6) is -1.60. The van der Waals surface area contributed by atoms with Gasteiger partial charge in [0.2, 0.25) is 5.91 Å². The number of nitrogens with zero attached hydrogens (tertiary/aromatic N) is 1. The molecule has 17 heavy (non-hydrogen) atoms. The normalized spacial score (nSPS) is 19.7. The SMILES string of the molecule is CSc1ccc(N2CC(C(=O)O)CC2=O)cc1. The molecule has 0 aliphatic carbocycles. The van der Waals surface area contributed by atoms with Crippen LogP contribution >= 0.6 is 11.8 Å². The maximum atomic E-state index is 11.7. The fraction of sp³-hybridized carbons (Fsp3) is 0.333. The van der Waals surface area contributed by atoms with Crippen molar-refractivity contribution >= 4 is 29.3 Å². The largest absolute Gasteiger partial charge is 0.481 e. The summed E-state index contributed by atoms with van der Waals surface area (Å²) in [4.78, 5) is 25.2. The van der Waals surface area contributed by atoms with Crippen LogP contribution in [0, 0.1) is 5.92 Å².